The highest BCUT2D eigenvalue weighted by Gasteiger charge is 2.37. The van der Waals surface area contributed by atoms with Crippen molar-refractivity contribution in [3.05, 3.63) is 63.6 Å². The average Bonchev–Trinajstić information content (AvgIpc) is 2.84. The molecule has 1 aliphatic rings. The predicted molar refractivity (Wildman–Crippen MR) is 102 cm³/mol. The molecule has 0 aromatic heterocycles. The fourth-order valence-electron chi connectivity index (χ4n) is 2.81. The monoisotopic (exact) mass is 415 g/mol. The van der Waals surface area contributed by atoms with Crippen LogP contribution < -0.4 is 10.6 Å². The summed E-state index contributed by atoms with van der Waals surface area (Å²) in [6, 6.07) is 11.8. The highest BCUT2D eigenvalue weighted by atomic mass is 79.9. The van der Waals surface area contributed by atoms with Gasteiger partial charge >= 0.3 is 6.03 Å². The minimum atomic E-state index is -0.387. The number of urea groups is 1. The molecular weight excluding hydrogens is 398 g/mol. The molecule has 2 aromatic rings. The Hall–Kier alpha value is -2.67. The second-order valence-corrected chi connectivity index (χ2v) is 7.19. The molecule has 1 heterocycles. The lowest BCUT2D eigenvalue weighted by molar-refractivity contribution is 0.0609. The first kappa shape index (κ1) is 18.1. The lowest BCUT2D eigenvalue weighted by Gasteiger charge is -2.17. The molecule has 0 radical (unpaired) electrons. The van der Waals surface area contributed by atoms with Crippen LogP contribution in [0.25, 0.3) is 0 Å². The van der Waals surface area contributed by atoms with Gasteiger partial charge in [0, 0.05) is 22.7 Å². The van der Waals surface area contributed by atoms with Gasteiger partial charge in [0.2, 0.25) is 0 Å². The van der Waals surface area contributed by atoms with E-state index in [2.05, 4.69) is 26.6 Å². The maximum atomic E-state index is 12.4. The highest BCUT2D eigenvalue weighted by molar-refractivity contribution is 9.10. The van der Waals surface area contributed by atoms with Crippen molar-refractivity contribution in [1.82, 2.24) is 10.2 Å². The zero-order valence-corrected chi connectivity index (χ0v) is 16.0. The van der Waals surface area contributed by atoms with Crippen LogP contribution >= 0.6 is 15.9 Å². The number of carbonyl (C=O) groups is 3. The number of halogens is 1. The van der Waals surface area contributed by atoms with Crippen molar-refractivity contribution in [2.24, 2.45) is 0 Å². The first-order chi connectivity index (χ1) is 12.4. The molecule has 4 amide bonds. The van der Waals surface area contributed by atoms with Crippen molar-refractivity contribution >= 4 is 39.5 Å². The molecule has 0 spiro atoms. The predicted octanol–water partition coefficient (Wildman–Crippen LogP) is 3.78. The molecule has 3 rings (SSSR count). The van der Waals surface area contributed by atoms with Gasteiger partial charge in [-0.1, -0.05) is 28.1 Å². The number of imide groups is 1. The van der Waals surface area contributed by atoms with Crippen molar-refractivity contribution in [3.8, 4) is 0 Å². The molecule has 0 fully saturated rings. The number of nitrogens with one attached hydrogen (secondary N) is 2. The number of hydrogen-bond acceptors (Lipinski definition) is 3. The third kappa shape index (κ3) is 3.62. The van der Waals surface area contributed by atoms with E-state index >= 15 is 0 Å². The van der Waals surface area contributed by atoms with Gasteiger partial charge in [-0.15, -0.1) is 0 Å². The minimum absolute atomic E-state index is 0.215. The van der Waals surface area contributed by atoms with Gasteiger partial charge in [0.05, 0.1) is 11.1 Å². The topological polar surface area (TPSA) is 78.5 Å². The largest absolute Gasteiger partial charge is 0.334 e. The maximum Gasteiger partial charge on any atom is 0.319 e. The number of fused-ring (bicyclic) bond motifs is 1. The second kappa shape index (κ2) is 7.29. The summed E-state index contributed by atoms with van der Waals surface area (Å²) in [6.07, 6.45) is 0. The van der Waals surface area contributed by atoms with E-state index < -0.39 is 0 Å². The maximum absolute atomic E-state index is 12.4. The molecule has 0 saturated heterocycles. The zero-order valence-electron chi connectivity index (χ0n) is 14.4. The summed E-state index contributed by atoms with van der Waals surface area (Å²) < 4.78 is 0.939. The quantitative estimate of drug-likeness (QED) is 0.745. The summed E-state index contributed by atoms with van der Waals surface area (Å²) in [5.41, 5.74) is 2.09. The summed E-state index contributed by atoms with van der Waals surface area (Å²) in [4.78, 5) is 38.0. The molecule has 6 nitrogen and oxygen atoms in total. The Morgan fingerprint density at radius 1 is 1.08 bits per heavy atom. The lowest BCUT2D eigenvalue weighted by atomic mass is 10.1. The first-order valence-electron chi connectivity index (χ1n) is 8.18. The third-order valence-corrected chi connectivity index (χ3v) is 4.53. The second-order valence-electron chi connectivity index (χ2n) is 6.27. The Kier molecular flexibility index (Phi) is 5.08. The van der Waals surface area contributed by atoms with Crippen molar-refractivity contribution in [3.63, 3.8) is 0 Å². The number of anilines is 1. The van der Waals surface area contributed by atoms with Gasteiger partial charge in [-0.3, -0.25) is 14.5 Å². The number of carbonyl (C=O) groups excluding carboxylic acids is 3. The van der Waals surface area contributed by atoms with E-state index in [1.54, 1.807) is 26.0 Å². The molecule has 2 N–H and O–H groups in total. The molecule has 134 valence electrons. The number of benzene rings is 2. The molecule has 0 bridgehead atoms. The summed E-state index contributed by atoms with van der Waals surface area (Å²) in [5, 5.41) is 5.45. The van der Waals surface area contributed by atoms with Crippen molar-refractivity contribution in [1.29, 1.82) is 0 Å². The molecule has 0 aliphatic carbocycles. The smallest absolute Gasteiger partial charge is 0.319 e. The van der Waals surface area contributed by atoms with E-state index in [4.69, 9.17) is 0 Å². The van der Waals surface area contributed by atoms with E-state index in [1.807, 2.05) is 24.3 Å². The van der Waals surface area contributed by atoms with E-state index in [0.717, 1.165) is 10.0 Å². The van der Waals surface area contributed by atoms with Crippen LogP contribution in [0.5, 0.6) is 0 Å². The van der Waals surface area contributed by atoms with Gasteiger partial charge in [0.15, 0.2) is 0 Å². The van der Waals surface area contributed by atoms with E-state index in [0.29, 0.717) is 23.4 Å². The molecule has 2 aromatic carbocycles. The Bertz CT molecular complexity index is 895. The van der Waals surface area contributed by atoms with Crippen LogP contribution in [-0.2, 0) is 6.54 Å². The van der Waals surface area contributed by atoms with Crippen LogP contribution in [0.2, 0.25) is 0 Å². The third-order valence-electron chi connectivity index (χ3n) is 4.03. The molecule has 0 saturated carbocycles. The Morgan fingerprint density at radius 2 is 1.81 bits per heavy atom. The fourth-order valence-corrected chi connectivity index (χ4v) is 3.26. The molecular formula is C19H18BrN3O3. The van der Waals surface area contributed by atoms with Crippen LogP contribution in [0.15, 0.2) is 46.9 Å². The van der Waals surface area contributed by atoms with E-state index in [1.165, 1.54) is 11.0 Å². The van der Waals surface area contributed by atoms with Crippen LogP contribution in [0.3, 0.4) is 0 Å². The minimum Gasteiger partial charge on any atom is -0.334 e. The number of nitrogens with zero attached hydrogens (tertiary/aromatic N) is 1. The van der Waals surface area contributed by atoms with Crippen molar-refractivity contribution in [2.45, 2.75) is 26.4 Å². The Balaban J connectivity index is 1.68. The van der Waals surface area contributed by atoms with Gasteiger partial charge < -0.3 is 10.6 Å². The van der Waals surface area contributed by atoms with E-state index in [-0.39, 0.29) is 23.9 Å². The average molecular weight is 416 g/mol. The molecule has 26 heavy (non-hydrogen) atoms. The lowest BCUT2D eigenvalue weighted by Crippen LogP contribution is -2.35. The summed E-state index contributed by atoms with van der Waals surface area (Å²) in [6.45, 7) is 3.95. The standard InChI is InChI=1S/C19H18BrN3O3/c1-11(2)23-17(24)15-7-6-14(9-16(15)18(23)25)22-19(26)21-10-12-4-3-5-13(20)8-12/h3-9,11H,10H2,1-2H3,(H2,21,22,26). The van der Waals surface area contributed by atoms with Crippen molar-refractivity contribution in [2.75, 3.05) is 5.32 Å². The van der Waals surface area contributed by atoms with Gasteiger partial charge in [-0.05, 0) is 49.7 Å². The van der Waals surface area contributed by atoms with Gasteiger partial charge in [0.1, 0.15) is 0 Å². The normalized spacial score (nSPS) is 13.2. The SMILES string of the molecule is CC(C)N1C(=O)c2ccc(NC(=O)NCc3cccc(Br)c3)cc2C1=O. The van der Waals surface area contributed by atoms with Gasteiger partial charge in [0.25, 0.3) is 11.8 Å². The first-order valence-corrected chi connectivity index (χ1v) is 8.97. The zero-order chi connectivity index (χ0) is 18.8. The summed E-state index contributed by atoms with van der Waals surface area (Å²) in [5.74, 6) is -0.635. The molecule has 0 atom stereocenters. The molecule has 1 aliphatic heterocycles. The number of hydrogen-bond donors (Lipinski definition) is 2. The van der Waals surface area contributed by atoms with E-state index in [9.17, 15) is 14.4 Å². The van der Waals surface area contributed by atoms with Crippen LogP contribution in [0, 0.1) is 0 Å². The summed E-state index contributed by atoms with van der Waals surface area (Å²) in [7, 11) is 0. The Morgan fingerprint density at radius 3 is 2.50 bits per heavy atom. The number of rotatable bonds is 4. The fraction of sp³-hybridized carbons (Fsp3) is 0.211. The van der Waals surface area contributed by atoms with Gasteiger partial charge in [-0.25, -0.2) is 4.79 Å². The van der Waals surface area contributed by atoms with Crippen LogP contribution in [0.1, 0.15) is 40.1 Å². The summed E-state index contributed by atoms with van der Waals surface area (Å²) >= 11 is 3.39. The van der Waals surface area contributed by atoms with Crippen LogP contribution in [0.4, 0.5) is 10.5 Å². The van der Waals surface area contributed by atoms with Gasteiger partial charge in [-0.2, -0.15) is 0 Å². The Labute approximate surface area is 159 Å². The van der Waals surface area contributed by atoms with Crippen LogP contribution in [-0.4, -0.2) is 28.8 Å². The van der Waals surface area contributed by atoms with Crippen molar-refractivity contribution < 1.29 is 14.4 Å². The highest BCUT2D eigenvalue weighted by Crippen LogP contribution is 2.27. The number of amides is 4. The molecule has 0 unspecified atom stereocenters. The molecule has 7 heteroatoms.